The van der Waals surface area contributed by atoms with E-state index in [1.54, 1.807) is 0 Å². The number of imide groups is 1. The summed E-state index contributed by atoms with van der Waals surface area (Å²) in [5.41, 5.74) is 2.70. The average molecular weight is 460 g/mol. The van der Waals surface area contributed by atoms with Crippen LogP contribution in [-0.4, -0.2) is 46.0 Å². The Balaban J connectivity index is 1.65. The van der Waals surface area contributed by atoms with Crippen molar-refractivity contribution in [1.82, 2.24) is 4.90 Å². The van der Waals surface area contributed by atoms with Crippen LogP contribution in [0.25, 0.3) is 5.57 Å². The van der Waals surface area contributed by atoms with Crippen molar-refractivity contribution in [3.05, 3.63) is 75.8 Å². The van der Waals surface area contributed by atoms with Gasteiger partial charge < -0.3 is 4.90 Å². The molecule has 0 aromatic heterocycles. The number of fused-ring (bicyclic) bond motifs is 5. The molecule has 4 atom stereocenters. The second-order valence-electron chi connectivity index (χ2n) is 9.11. The van der Waals surface area contributed by atoms with Crippen molar-refractivity contribution in [3.63, 3.8) is 0 Å². The molecule has 174 valence electrons. The zero-order chi connectivity index (χ0) is 24.1. The van der Waals surface area contributed by atoms with Crippen LogP contribution in [0.1, 0.15) is 42.6 Å². The monoisotopic (exact) mass is 459 g/mol. The molecule has 34 heavy (non-hydrogen) atoms. The normalized spacial score (nSPS) is 25.1. The fraction of sp³-hybridized carbons (Fsp3) is 0.346. The number of nitro groups is 1. The van der Waals surface area contributed by atoms with Gasteiger partial charge in [0.2, 0.25) is 11.8 Å². The largest absolute Gasteiger partial charge is 0.352 e. The number of carbonyl (C=O) groups is 3. The van der Waals surface area contributed by atoms with Crippen LogP contribution in [-0.2, 0) is 9.59 Å². The van der Waals surface area contributed by atoms with Gasteiger partial charge in [-0.1, -0.05) is 49.8 Å². The summed E-state index contributed by atoms with van der Waals surface area (Å²) in [6.07, 6.45) is 3.52. The number of nitrogens with zero attached hydrogens (tertiary/aromatic N) is 3. The number of ketones is 1. The minimum Gasteiger partial charge on any atom is -0.352 e. The summed E-state index contributed by atoms with van der Waals surface area (Å²) in [5, 5.41) is 11.3. The molecule has 2 saturated heterocycles. The first kappa shape index (κ1) is 22.0. The SMILES string of the molecule is CCCCN1C(=O)[C@@H]2[C@@H](C1=O)[C@H](C(=O)c1cccc([N+](=O)[O-])c1)N1c3ccccc3C(C)=C[C@H]21. The molecule has 8 heteroatoms. The molecule has 2 amide bonds. The Morgan fingerprint density at radius 3 is 2.53 bits per heavy atom. The summed E-state index contributed by atoms with van der Waals surface area (Å²) in [6.45, 7) is 4.30. The molecule has 0 unspecified atom stereocenters. The van der Waals surface area contributed by atoms with Crippen LogP contribution in [0.2, 0.25) is 0 Å². The highest BCUT2D eigenvalue weighted by Gasteiger charge is 2.64. The molecular formula is C26H25N3O5. The van der Waals surface area contributed by atoms with Gasteiger partial charge in [-0.25, -0.2) is 0 Å². The number of nitro benzene ring substituents is 1. The van der Waals surface area contributed by atoms with E-state index in [9.17, 15) is 24.5 Å². The highest BCUT2D eigenvalue weighted by Crippen LogP contribution is 2.50. The van der Waals surface area contributed by atoms with E-state index in [-0.39, 0.29) is 28.8 Å². The molecule has 2 aromatic carbocycles. The predicted molar refractivity (Wildman–Crippen MR) is 126 cm³/mol. The molecule has 3 heterocycles. The molecule has 8 nitrogen and oxygen atoms in total. The fourth-order valence-corrected chi connectivity index (χ4v) is 5.64. The number of benzene rings is 2. The first-order valence-corrected chi connectivity index (χ1v) is 11.5. The summed E-state index contributed by atoms with van der Waals surface area (Å²) >= 11 is 0. The molecule has 0 bridgehead atoms. The fourth-order valence-electron chi connectivity index (χ4n) is 5.64. The summed E-state index contributed by atoms with van der Waals surface area (Å²) in [4.78, 5) is 54.9. The molecule has 2 fully saturated rings. The third-order valence-corrected chi connectivity index (χ3v) is 7.19. The Morgan fingerprint density at radius 2 is 1.79 bits per heavy atom. The number of unbranched alkanes of at least 4 members (excludes halogenated alkanes) is 1. The number of likely N-dealkylation sites (tertiary alicyclic amines) is 1. The quantitative estimate of drug-likeness (QED) is 0.281. The van der Waals surface area contributed by atoms with Gasteiger partial charge >= 0.3 is 0 Å². The Kier molecular flexibility index (Phi) is 5.31. The summed E-state index contributed by atoms with van der Waals surface area (Å²) in [7, 11) is 0. The van der Waals surface area contributed by atoms with Crippen molar-refractivity contribution in [1.29, 1.82) is 0 Å². The summed E-state index contributed by atoms with van der Waals surface area (Å²) in [6, 6.07) is 11.9. The minimum atomic E-state index is -0.925. The third kappa shape index (κ3) is 3.16. The summed E-state index contributed by atoms with van der Waals surface area (Å²) < 4.78 is 0. The van der Waals surface area contributed by atoms with Crippen LogP contribution in [0.4, 0.5) is 11.4 Å². The topological polar surface area (TPSA) is 101 Å². The molecule has 0 radical (unpaired) electrons. The number of amides is 2. The van der Waals surface area contributed by atoms with Gasteiger partial charge in [0.1, 0.15) is 6.04 Å². The van der Waals surface area contributed by atoms with Crippen LogP contribution in [0.3, 0.4) is 0 Å². The second-order valence-corrected chi connectivity index (χ2v) is 9.11. The van der Waals surface area contributed by atoms with Crippen molar-refractivity contribution >= 4 is 34.5 Å². The molecule has 3 aliphatic rings. The van der Waals surface area contributed by atoms with Crippen LogP contribution in [0.5, 0.6) is 0 Å². The average Bonchev–Trinajstić information content (AvgIpc) is 3.30. The lowest BCUT2D eigenvalue weighted by atomic mass is 9.85. The number of non-ortho nitro benzene ring substituents is 1. The predicted octanol–water partition coefficient (Wildman–Crippen LogP) is 3.85. The van der Waals surface area contributed by atoms with Crippen molar-refractivity contribution in [2.45, 2.75) is 38.8 Å². The minimum absolute atomic E-state index is 0.162. The Hall–Kier alpha value is -3.81. The van der Waals surface area contributed by atoms with E-state index in [0.29, 0.717) is 13.0 Å². The van der Waals surface area contributed by atoms with Gasteiger partial charge in [-0.2, -0.15) is 0 Å². The van der Waals surface area contributed by atoms with Gasteiger partial charge in [0, 0.05) is 35.5 Å². The second kappa shape index (κ2) is 8.20. The standard InChI is InChI=1S/C26H25N3O5/c1-3-4-12-27-25(31)21-20-13-15(2)18-10-5-6-11-19(18)28(20)23(22(21)26(27)32)24(30)16-8-7-9-17(14-16)29(33)34/h5-11,13-14,20-23H,3-4,12H2,1-2H3/t20-,21+,22-,23-/m1/s1. The highest BCUT2D eigenvalue weighted by molar-refractivity contribution is 6.14. The van der Waals surface area contributed by atoms with Crippen LogP contribution >= 0.6 is 0 Å². The molecule has 2 aromatic rings. The Labute approximate surface area is 197 Å². The number of hydrogen-bond acceptors (Lipinski definition) is 6. The zero-order valence-electron chi connectivity index (χ0n) is 19.0. The van der Waals surface area contributed by atoms with Crippen molar-refractivity contribution < 1.29 is 19.3 Å². The van der Waals surface area contributed by atoms with Gasteiger partial charge in [-0.3, -0.25) is 29.4 Å². The van der Waals surface area contributed by atoms with Gasteiger partial charge in [0.25, 0.3) is 5.69 Å². The maximum atomic E-state index is 13.9. The molecule has 0 saturated carbocycles. The number of Topliss-reactive ketones (excluding diaryl/α,β-unsaturated/α-hetero) is 1. The first-order valence-electron chi connectivity index (χ1n) is 11.5. The van der Waals surface area contributed by atoms with Crippen LogP contribution in [0, 0.1) is 22.0 Å². The van der Waals surface area contributed by atoms with E-state index in [4.69, 9.17) is 0 Å². The maximum absolute atomic E-state index is 13.9. The van der Waals surface area contributed by atoms with Gasteiger partial charge in [0.05, 0.1) is 22.8 Å². The highest BCUT2D eigenvalue weighted by atomic mass is 16.6. The number of hydrogen-bond donors (Lipinski definition) is 0. The lowest BCUT2D eigenvalue weighted by Crippen LogP contribution is -2.49. The number of carbonyl (C=O) groups excluding carboxylic acids is 3. The molecule has 0 spiro atoms. The van der Waals surface area contributed by atoms with E-state index in [1.807, 2.05) is 49.1 Å². The molecule has 5 rings (SSSR count). The van der Waals surface area contributed by atoms with Crippen molar-refractivity contribution in [2.24, 2.45) is 11.8 Å². The maximum Gasteiger partial charge on any atom is 0.270 e. The van der Waals surface area contributed by atoms with Crippen molar-refractivity contribution in [3.8, 4) is 0 Å². The Bertz CT molecular complexity index is 1250. The van der Waals surface area contributed by atoms with E-state index >= 15 is 0 Å². The third-order valence-electron chi connectivity index (χ3n) is 7.19. The van der Waals surface area contributed by atoms with Gasteiger partial charge in [-0.15, -0.1) is 0 Å². The zero-order valence-corrected chi connectivity index (χ0v) is 19.0. The van der Waals surface area contributed by atoms with Crippen LogP contribution < -0.4 is 4.90 Å². The van der Waals surface area contributed by atoms with E-state index < -0.39 is 28.8 Å². The molecule has 3 aliphatic heterocycles. The molecule has 0 N–H and O–H groups in total. The van der Waals surface area contributed by atoms with Gasteiger partial charge in [0.15, 0.2) is 5.78 Å². The van der Waals surface area contributed by atoms with E-state index in [2.05, 4.69) is 0 Å². The number of rotatable bonds is 6. The summed E-state index contributed by atoms with van der Waals surface area (Å²) in [5.74, 6) is -2.46. The number of para-hydroxylation sites is 1. The van der Waals surface area contributed by atoms with Crippen molar-refractivity contribution in [2.75, 3.05) is 11.4 Å². The lowest BCUT2D eigenvalue weighted by molar-refractivity contribution is -0.384. The Morgan fingerprint density at radius 1 is 1.06 bits per heavy atom. The van der Waals surface area contributed by atoms with Gasteiger partial charge in [-0.05, 0) is 25.0 Å². The molecular weight excluding hydrogens is 434 g/mol. The number of anilines is 1. The van der Waals surface area contributed by atoms with Crippen LogP contribution in [0.15, 0.2) is 54.6 Å². The molecule has 0 aliphatic carbocycles. The lowest BCUT2D eigenvalue weighted by Gasteiger charge is -2.38. The number of allylic oxidation sites excluding steroid dienone is 1. The smallest absolute Gasteiger partial charge is 0.270 e. The first-order chi connectivity index (χ1) is 16.3. The van der Waals surface area contributed by atoms with E-state index in [1.165, 1.54) is 29.2 Å². The van der Waals surface area contributed by atoms with E-state index in [0.717, 1.165) is 23.2 Å².